The van der Waals surface area contributed by atoms with Gasteiger partial charge >= 0.3 is 5.97 Å². The molecule has 0 aromatic carbocycles. The molecule has 1 rings (SSSR count). The number of rotatable bonds is 7. The quantitative estimate of drug-likeness (QED) is 0.655. The van der Waals surface area contributed by atoms with Crippen LogP contribution >= 0.6 is 0 Å². The molecule has 1 saturated heterocycles. The molecule has 110 valence electrons. The smallest absolute Gasteiger partial charge is 0.326 e. The summed E-state index contributed by atoms with van der Waals surface area (Å²) in [5, 5.41) is 15.2. The van der Waals surface area contributed by atoms with Crippen molar-refractivity contribution in [3.63, 3.8) is 0 Å². The molecular formula is C14H26N2O3. The van der Waals surface area contributed by atoms with Crippen LogP contribution in [0.2, 0.25) is 0 Å². The topological polar surface area (TPSA) is 78.4 Å². The largest absolute Gasteiger partial charge is 0.480 e. The average Bonchev–Trinajstić information content (AvgIpc) is 2.84. The lowest BCUT2D eigenvalue weighted by Gasteiger charge is -2.31. The van der Waals surface area contributed by atoms with E-state index in [2.05, 4.69) is 10.6 Å². The van der Waals surface area contributed by atoms with Crippen molar-refractivity contribution in [3.8, 4) is 0 Å². The minimum absolute atomic E-state index is 0.0680. The van der Waals surface area contributed by atoms with Gasteiger partial charge in [0, 0.05) is 0 Å². The molecule has 0 spiro atoms. The Labute approximate surface area is 115 Å². The molecular weight excluding hydrogens is 244 g/mol. The average molecular weight is 270 g/mol. The van der Waals surface area contributed by atoms with Crippen molar-refractivity contribution >= 4 is 11.9 Å². The van der Waals surface area contributed by atoms with Crippen LogP contribution in [-0.4, -0.2) is 35.1 Å². The summed E-state index contributed by atoms with van der Waals surface area (Å²) in [6.45, 7) is 6.66. The van der Waals surface area contributed by atoms with Crippen LogP contribution in [0.25, 0.3) is 0 Å². The summed E-state index contributed by atoms with van der Waals surface area (Å²) in [6, 6.07) is -0.798. The van der Waals surface area contributed by atoms with Gasteiger partial charge in [-0.1, -0.05) is 33.6 Å². The maximum atomic E-state index is 12.5. The van der Waals surface area contributed by atoms with E-state index in [9.17, 15) is 14.7 Å². The number of carbonyl (C=O) groups excluding carboxylic acids is 1. The lowest BCUT2D eigenvalue weighted by Crippen LogP contribution is -2.58. The molecule has 1 fully saturated rings. The summed E-state index contributed by atoms with van der Waals surface area (Å²) in [7, 11) is 0. The molecule has 3 atom stereocenters. The third kappa shape index (κ3) is 3.69. The number of carboxylic acids is 1. The van der Waals surface area contributed by atoms with Crippen molar-refractivity contribution in [3.05, 3.63) is 0 Å². The zero-order valence-electron chi connectivity index (χ0n) is 12.2. The molecule has 5 heteroatoms. The molecule has 1 amide bonds. The van der Waals surface area contributed by atoms with E-state index in [4.69, 9.17) is 0 Å². The zero-order chi connectivity index (χ0) is 14.5. The molecule has 1 aliphatic heterocycles. The van der Waals surface area contributed by atoms with E-state index in [1.54, 1.807) is 0 Å². The highest BCUT2D eigenvalue weighted by molar-refractivity contribution is 5.90. The summed E-state index contributed by atoms with van der Waals surface area (Å²) in [4.78, 5) is 23.7. The van der Waals surface area contributed by atoms with Gasteiger partial charge in [-0.25, -0.2) is 4.79 Å². The first-order chi connectivity index (χ1) is 8.96. The fourth-order valence-corrected chi connectivity index (χ4v) is 2.72. The molecule has 0 radical (unpaired) electrons. The van der Waals surface area contributed by atoms with E-state index in [1.807, 2.05) is 20.8 Å². The van der Waals surface area contributed by atoms with Crippen molar-refractivity contribution in [2.75, 3.05) is 6.54 Å². The Morgan fingerprint density at radius 2 is 2.11 bits per heavy atom. The molecule has 0 aromatic heterocycles. The van der Waals surface area contributed by atoms with Crippen molar-refractivity contribution in [1.82, 2.24) is 10.6 Å². The number of nitrogens with one attached hydrogen (secondary N) is 2. The maximum Gasteiger partial charge on any atom is 0.326 e. The number of carboxylic acid groups (broad SMARTS) is 1. The van der Waals surface area contributed by atoms with E-state index >= 15 is 0 Å². The summed E-state index contributed by atoms with van der Waals surface area (Å²) in [5.74, 6) is -1.17. The minimum atomic E-state index is -0.952. The first-order valence-electron chi connectivity index (χ1n) is 7.25. The van der Waals surface area contributed by atoms with Crippen molar-refractivity contribution in [1.29, 1.82) is 0 Å². The van der Waals surface area contributed by atoms with Crippen molar-refractivity contribution in [2.45, 2.75) is 64.5 Å². The molecule has 1 aliphatic rings. The molecule has 0 saturated carbocycles. The van der Waals surface area contributed by atoms with Gasteiger partial charge < -0.3 is 15.7 Å². The highest BCUT2D eigenvalue weighted by atomic mass is 16.4. The predicted molar refractivity (Wildman–Crippen MR) is 73.9 cm³/mol. The summed E-state index contributed by atoms with van der Waals surface area (Å²) >= 11 is 0. The Hall–Kier alpha value is -1.10. The van der Waals surface area contributed by atoms with Gasteiger partial charge in [0.25, 0.3) is 0 Å². The van der Waals surface area contributed by atoms with Crippen LogP contribution in [0.3, 0.4) is 0 Å². The first-order valence-corrected chi connectivity index (χ1v) is 7.25. The van der Waals surface area contributed by atoms with Crippen LogP contribution in [0, 0.1) is 5.92 Å². The lowest BCUT2D eigenvalue weighted by atomic mass is 9.89. The van der Waals surface area contributed by atoms with Gasteiger partial charge in [-0.3, -0.25) is 4.79 Å². The highest BCUT2D eigenvalue weighted by Crippen LogP contribution is 2.25. The van der Waals surface area contributed by atoms with Crippen LogP contribution in [0.15, 0.2) is 0 Å². The number of hydrogen-bond acceptors (Lipinski definition) is 3. The molecule has 19 heavy (non-hydrogen) atoms. The SMILES string of the molecule is CCCC1(C(=O)N[C@H](C(=O)O)C(C)CC)CCCN1. The number of amides is 1. The second-order valence-corrected chi connectivity index (χ2v) is 5.54. The van der Waals surface area contributed by atoms with Crippen LogP contribution < -0.4 is 10.6 Å². The second kappa shape index (κ2) is 6.89. The Kier molecular flexibility index (Phi) is 5.79. The number of carbonyl (C=O) groups is 2. The highest BCUT2D eigenvalue weighted by Gasteiger charge is 2.41. The van der Waals surface area contributed by atoms with Crippen LogP contribution in [0.4, 0.5) is 0 Å². The van der Waals surface area contributed by atoms with Gasteiger partial charge in [0.2, 0.25) is 5.91 Å². The Bertz CT molecular complexity index is 325. The molecule has 1 heterocycles. The van der Waals surface area contributed by atoms with Gasteiger partial charge in [0.15, 0.2) is 0 Å². The third-order valence-corrected chi connectivity index (χ3v) is 4.12. The Morgan fingerprint density at radius 1 is 1.42 bits per heavy atom. The van der Waals surface area contributed by atoms with Crippen LogP contribution in [0.1, 0.15) is 52.9 Å². The first kappa shape index (κ1) is 16.0. The van der Waals surface area contributed by atoms with Crippen molar-refractivity contribution < 1.29 is 14.7 Å². The molecule has 0 aromatic rings. The molecule has 2 unspecified atom stereocenters. The summed E-state index contributed by atoms with van der Waals surface area (Å²) < 4.78 is 0. The fraction of sp³-hybridized carbons (Fsp3) is 0.857. The second-order valence-electron chi connectivity index (χ2n) is 5.54. The molecule has 5 nitrogen and oxygen atoms in total. The maximum absolute atomic E-state index is 12.5. The molecule has 0 aliphatic carbocycles. The number of aliphatic carboxylic acids is 1. The van der Waals surface area contributed by atoms with E-state index in [0.29, 0.717) is 0 Å². The predicted octanol–water partition coefficient (Wildman–Crippen LogP) is 1.52. The normalized spacial score (nSPS) is 25.8. The third-order valence-electron chi connectivity index (χ3n) is 4.12. The van der Waals surface area contributed by atoms with Crippen LogP contribution in [0.5, 0.6) is 0 Å². The summed E-state index contributed by atoms with van der Waals surface area (Å²) in [5.41, 5.74) is -0.560. The van der Waals surface area contributed by atoms with E-state index in [-0.39, 0.29) is 11.8 Å². The molecule has 0 bridgehead atoms. The van der Waals surface area contributed by atoms with Gasteiger partial charge in [-0.2, -0.15) is 0 Å². The fourth-order valence-electron chi connectivity index (χ4n) is 2.72. The lowest BCUT2D eigenvalue weighted by molar-refractivity contribution is -0.144. The van der Waals surface area contributed by atoms with E-state index in [0.717, 1.165) is 38.6 Å². The zero-order valence-corrected chi connectivity index (χ0v) is 12.2. The molecule has 3 N–H and O–H groups in total. The van der Waals surface area contributed by atoms with Crippen LogP contribution in [-0.2, 0) is 9.59 Å². The van der Waals surface area contributed by atoms with Gasteiger partial charge in [-0.05, 0) is 31.7 Å². The van der Waals surface area contributed by atoms with E-state index < -0.39 is 17.6 Å². The summed E-state index contributed by atoms with van der Waals surface area (Å²) in [6.07, 6.45) is 4.15. The van der Waals surface area contributed by atoms with Crippen molar-refractivity contribution in [2.24, 2.45) is 5.92 Å². The Morgan fingerprint density at radius 3 is 2.53 bits per heavy atom. The number of hydrogen-bond donors (Lipinski definition) is 3. The Balaban J connectivity index is 2.77. The minimum Gasteiger partial charge on any atom is -0.480 e. The van der Waals surface area contributed by atoms with Gasteiger partial charge in [0.05, 0.1) is 5.54 Å². The monoisotopic (exact) mass is 270 g/mol. The van der Waals surface area contributed by atoms with E-state index in [1.165, 1.54) is 0 Å². The van der Waals surface area contributed by atoms with Gasteiger partial charge in [0.1, 0.15) is 6.04 Å². The van der Waals surface area contributed by atoms with Gasteiger partial charge in [-0.15, -0.1) is 0 Å². The standard InChI is InChI=1S/C14H26N2O3/c1-4-7-14(8-6-9-15-14)13(19)16-11(12(17)18)10(3)5-2/h10-11,15H,4-9H2,1-3H3,(H,16,19)(H,17,18)/t10?,11-,14?/m0/s1.